The van der Waals surface area contributed by atoms with E-state index < -0.39 is 0 Å². The van der Waals surface area contributed by atoms with Crippen molar-refractivity contribution in [3.05, 3.63) is 29.3 Å². The Morgan fingerprint density at radius 2 is 1.81 bits per heavy atom. The number of ether oxygens (including phenoxy) is 1. The third-order valence-electron chi connectivity index (χ3n) is 2.25. The van der Waals surface area contributed by atoms with E-state index in [9.17, 15) is 0 Å². The Morgan fingerprint density at radius 3 is 2.31 bits per heavy atom. The van der Waals surface area contributed by atoms with E-state index in [1.165, 1.54) is 7.11 Å². The largest absolute Gasteiger partial charge is 0.466 e. The van der Waals surface area contributed by atoms with Crippen LogP contribution in [0.4, 0.5) is 5.95 Å². The molecule has 84 valence electrons. The maximum atomic E-state index is 5.76. The van der Waals surface area contributed by atoms with E-state index in [2.05, 4.69) is 16.1 Å². The van der Waals surface area contributed by atoms with E-state index in [-0.39, 0.29) is 6.01 Å². The van der Waals surface area contributed by atoms with Crippen molar-refractivity contribution in [1.82, 2.24) is 14.8 Å². The van der Waals surface area contributed by atoms with Crippen LogP contribution < -0.4 is 10.5 Å². The fraction of sp³-hybridized carbons (Fsp3) is 0.273. The number of aryl methyl sites for hydroxylation is 2. The molecule has 1 heterocycles. The maximum absolute atomic E-state index is 5.76. The molecule has 2 N–H and O–H groups in total. The van der Waals surface area contributed by atoms with Gasteiger partial charge in [0.1, 0.15) is 0 Å². The monoisotopic (exact) mass is 218 g/mol. The number of nitrogens with zero attached hydrogens (tertiary/aromatic N) is 3. The second kappa shape index (κ2) is 3.84. The molecule has 5 heteroatoms. The summed E-state index contributed by atoms with van der Waals surface area (Å²) in [5.41, 5.74) is 8.97. The minimum Gasteiger partial charge on any atom is -0.466 e. The summed E-state index contributed by atoms with van der Waals surface area (Å²) in [6, 6.07) is 6.36. The molecule has 1 aromatic heterocycles. The van der Waals surface area contributed by atoms with E-state index in [0.29, 0.717) is 5.95 Å². The first-order valence-corrected chi connectivity index (χ1v) is 4.95. The lowest BCUT2D eigenvalue weighted by Crippen LogP contribution is -2.03. The van der Waals surface area contributed by atoms with E-state index in [4.69, 9.17) is 10.5 Å². The zero-order valence-corrected chi connectivity index (χ0v) is 9.56. The average Bonchev–Trinajstić information content (AvgIpc) is 2.58. The van der Waals surface area contributed by atoms with Gasteiger partial charge < -0.3 is 10.5 Å². The van der Waals surface area contributed by atoms with Gasteiger partial charge in [0.25, 0.3) is 0 Å². The van der Waals surface area contributed by atoms with Crippen molar-refractivity contribution >= 4 is 5.95 Å². The average molecular weight is 218 g/mol. The molecule has 0 aliphatic heterocycles. The highest BCUT2D eigenvalue weighted by Crippen LogP contribution is 2.17. The van der Waals surface area contributed by atoms with Gasteiger partial charge in [-0.2, -0.15) is 9.67 Å². The Labute approximate surface area is 93.9 Å². The summed E-state index contributed by atoms with van der Waals surface area (Å²) < 4.78 is 6.50. The Bertz CT molecular complexity index is 498. The van der Waals surface area contributed by atoms with Crippen LogP contribution >= 0.6 is 0 Å². The number of rotatable bonds is 2. The van der Waals surface area contributed by atoms with Gasteiger partial charge in [-0.25, -0.2) is 0 Å². The molecule has 16 heavy (non-hydrogen) atoms. The lowest BCUT2D eigenvalue weighted by molar-refractivity contribution is 0.380. The van der Waals surface area contributed by atoms with Crippen LogP contribution in [0.15, 0.2) is 18.2 Å². The molecule has 2 aromatic rings. The van der Waals surface area contributed by atoms with Gasteiger partial charge in [0.15, 0.2) is 0 Å². The number of anilines is 1. The Morgan fingerprint density at radius 1 is 1.19 bits per heavy atom. The molecular formula is C11H14N4O. The van der Waals surface area contributed by atoms with Crippen molar-refractivity contribution in [1.29, 1.82) is 0 Å². The molecular weight excluding hydrogens is 204 g/mol. The topological polar surface area (TPSA) is 66.0 Å². The lowest BCUT2D eigenvalue weighted by atomic mass is 10.1. The summed E-state index contributed by atoms with van der Waals surface area (Å²) in [5, 5.41) is 4.14. The molecule has 1 aromatic carbocycles. The van der Waals surface area contributed by atoms with Gasteiger partial charge in [-0.15, -0.1) is 5.10 Å². The van der Waals surface area contributed by atoms with Crippen LogP contribution in [0, 0.1) is 13.8 Å². The Hall–Kier alpha value is -2.04. The third kappa shape index (κ3) is 1.84. The van der Waals surface area contributed by atoms with Gasteiger partial charge in [0.2, 0.25) is 5.95 Å². The Balaban J connectivity index is 2.53. The van der Waals surface area contributed by atoms with Gasteiger partial charge in [0.05, 0.1) is 12.8 Å². The van der Waals surface area contributed by atoms with Crippen molar-refractivity contribution in [3.8, 4) is 11.7 Å². The van der Waals surface area contributed by atoms with Crippen LogP contribution in [0.25, 0.3) is 5.69 Å². The standard InChI is InChI=1S/C11H14N4O/c1-7-4-8(2)6-9(5-7)15-10(12)13-11(14-15)16-3/h4-6H,1-3H3,(H2,12,13,14). The molecule has 0 fully saturated rings. The minimum atomic E-state index is 0.275. The molecule has 0 amide bonds. The molecule has 0 spiro atoms. The summed E-state index contributed by atoms with van der Waals surface area (Å²) in [5.74, 6) is 0.321. The first kappa shape index (κ1) is 10.5. The van der Waals surface area contributed by atoms with Crippen LogP contribution in [-0.2, 0) is 0 Å². The van der Waals surface area contributed by atoms with Crippen molar-refractivity contribution in [2.24, 2.45) is 0 Å². The Kier molecular flexibility index (Phi) is 2.52. The normalized spacial score (nSPS) is 10.4. The van der Waals surface area contributed by atoms with E-state index in [0.717, 1.165) is 16.8 Å². The van der Waals surface area contributed by atoms with Crippen molar-refractivity contribution < 1.29 is 4.74 Å². The number of methoxy groups -OCH3 is 1. The molecule has 0 aliphatic carbocycles. The van der Waals surface area contributed by atoms with E-state index >= 15 is 0 Å². The smallest absolute Gasteiger partial charge is 0.337 e. The second-order valence-electron chi connectivity index (χ2n) is 3.71. The molecule has 0 bridgehead atoms. The second-order valence-corrected chi connectivity index (χ2v) is 3.71. The highest BCUT2D eigenvalue weighted by atomic mass is 16.5. The number of nitrogen functional groups attached to an aromatic ring is 1. The summed E-state index contributed by atoms with van der Waals surface area (Å²) in [4.78, 5) is 3.97. The zero-order valence-electron chi connectivity index (χ0n) is 9.56. The zero-order chi connectivity index (χ0) is 11.7. The van der Waals surface area contributed by atoms with Gasteiger partial charge in [-0.05, 0) is 37.1 Å². The maximum Gasteiger partial charge on any atom is 0.337 e. The van der Waals surface area contributed by atoms with Gasteiger partial charge >= 0.3 is 6.01 Å². The van der Waals surface area contributed by atoms with Gasteiger partial charge in [0, 0.05) is 0 Å². The summed E-state index contributed by atoms with van der Waals surface area (Å²) in [6.45, 7) is 4.06. The fourth-order valence-electron chi connectivity index (χ4n) is 1.65. The van der Waals surface area contributed by atoms with Crippen LogP contribution in [0.5, 0.6) is 6.01 Å². The number of nitrogens with two attached hydrogens (primary N) is 1. The van der Waals surface area contributed by atoms with Crippen LogP contribution in [0.2, 0.25) is 0 Å². The van der Waals surface area contributed by atoms with Crippen LogP contribution in [-0.4, -0.2) is 21.9 Å². The van der Waals surface area contributed by atoms with Crippen molar-refractivity contribution in [3.63, 3.8) is 0 Å². The number of hydrogen-bond donors (Lipinski definition) is 1. The fourth-order valence-corrected chi connectivity index (χ4v) is 1.65. The summed E-state index contributed by atoms with van der Waals surface area (Å²) in [7, 11) is 1.51. The van der Waals surface area contributed by atoms with Gasteiger partial charge in [-0.1, -0.05) is 6.07 Å². The molecule has 0 radical (unpaired) electrons. The lowest BCUT2D eigenvalue weighted by Gasteiger charge is -2.05. The predicted molar refractivity (Wildman–Crippen MR) is 61.8 cm³/mol. The number of benzene rings is 1. The highest BCUT2D eigenvalue weighted by molar-refractivity contribution is 5.43. The van der Waals surface area contributed by atoms with Crippen LogP contribution in [0.1, 0.15) is 11.1 Å². The number of hydrogen-bond acceptors (Lipinski definition) is 4. The summed E-state index contributed by atoms with van der Waals surface area (Å²) >= 11 is 0. The van der Waals surface area contributed by atoms with Crippen molar-refractivity contribution in [2.45, 2.75) is 13.8 Å². The molecule has 0 atom stereocenters. The van der Waals surface area contributed by atoms with Crippen molar-refractivity contribution in [2.75, 3.05) is 12.8 Å². The summed E-state index contributed by atoms with van der Waals surface area (Å²) in [6.07, 6.45) is 0. The predicted octanol–water partition coefficient (Wildman–Crippen LogP) is 1.47. The molecule has 2 rings (SSSR count). The molecule has 5 nitrogen and oxygen atoms in total. The molecule has 0 unspecified atom stereocenters. The minimum absolute atomic E-state index is 0.275. The molecule has 0 saturated heterocycles. The van der Waals surface area contributed by atoms with Gasteiger partial charge in [-0.3, -0.25) is 0 Å². The van der Waals surface area contributed by atoms with E-state index in [1.807, 2.05) is 26.0 Å². The molecule has 0 saturated carbocycles. The first-order chi connectivity index (χ1) is 7.60. The third-order valence-corrected chi connectivity index (χ3v) is 2.25. The highest BCUT2D eigenvalue weighted by Gasteiger charge is 2.09. The SMILES string of the molecule is COc1nc(N)n(-c2cc(C)cc(C)c2)n1. The van der Waals surface area contributed by atoms with E-state index in [1.54, 1.807) is 4.68 Å². The number of aromatic nitrogens is 3. The van der Waals surface area contributed by atoms with Crippen LogP contribution in [0.3, 0.4) is 0 Å². The molecule has 0 aliphatic rings. The first-order valence-electron chi connectivity index (χ1n) is 4.95. The quantitative estimate of drug-likeness (QED) is 0.829.